The first kappa shape index (κ1) is 27.6. The van der Waals surface area contributed by atoms with Crippen molar-refractivity contribution >= 4 is 49.2 Å². The normalized spacial score (nSPS) is 18.3. The monoisotopic (exact) mass is 606 g/mol. The van der Waals surface area contributed by atoms with Gasteiger partial charge in [0.15, 0.2) is 11.6 Å². The van der Waals surface area contributed by atoms with Crippen molar-refractivity contribution in [1.82, 2.24) is 0 Å². The molecule has 0 amide bonds. The van der Waals surface area contributed by atoms with Gasteiger partial charge in [-0.25, -0.2) is 0 Å². The Morgan fingerprint density at radius 1 is 0.886 bits per heavy atom. The summed E-state index contributed by atoms with van der Waals surface area (Å²) < 4.78 is 7.87. The molecule has 1 spiro atoms. The summed E-state index contributed by atoms with van der Waals surface area (Å²) in [6.07, 6.45) is 11.5. The van der Waals surface area contributed by atoms with Crippen molar-refractivity contribution in [3.8, 4) is 11.5 Å². The number of carbonyl (C=O) groups excluding carboxylic acids is 3. The van der Waals surface area contributed by atoms with Gasteiger partial charge in [-0.05, 0) is 81.8 Å². The molecule has 2 aliphatic carbocycles. The number of phenolic OH excluding ortho intramolecular Hbond substituents is 1. The van der Waals surface area contributed by atoms with Gasteiger partial charge in [0.1, 0.15) is 22.9 Å². The van der Waals surface area contributed by atoms with Crippen LogP contribution in [-0.2, 0) is 4.79 Å². The Labute approximate surface area is 223 Å². The Kier molecular flexibility index (Phi) is 10.1. The summed E-state index contributed by atoms with van der Waals surface area (Å²) in [5.41, 5.74) is 0.880. The van der Waals surface area contributed by atoms with Crippen molar-refractivity contribution in [2.75, 3.05) is 0 Å². The van der Waals surface area contributed by atoms with Crippen LogP contribution in [-0.4, -0.2) is 28.1 Å². The lowest BCUT2D eigenvalue weighted by Gasteiger charge is -2.40. The summed E-state index contributed by atoms with van der Waals surface area (Å²) >= 11 is 6.60. The smallest absolute Gasteiger partial charge is 0.170 e. The molecule has 0 radical (unpaired) electrons. The third-order valence-corrected chi connectivity index (χ3v) is 7.55. The van der Waals surface area contributed by atoms with Crippen LogP contribution in [0.4, 0.5) is 0 Å². The summed E-state index contributed by atoms with van der Waals surface area (Å²) in [4.78, 5) is 33.5. The highest BCUT2D eigenvalue weighted by atomic mass is 79.9. The number of carbonyl (C=O) groups is 3. The van der Waals surface area contributed by atoms with E-state index in [1.165, 1.54) is 38.7 Å². The minimum absolute atomic E-state index is 0.0284. The molecule has 35 heavy (non-hydrogen) atoms. The van der Waals surface area contributed by atoms with Crippen LogP contribution in [0.15, 0.2) is 45.3 Å². The molecular formula is C28H32Br2O5. The number of halogens is 2. The molecule has 0 saturated heterocycles. The van der Waals surface area contributed by atoms with Gasteiger partial charge in [-0.3, -0.25) is 14.4 Å². The quantitative estimate of drug-likeness (QED) is 0.332. The Bertz CT molecular complexity index is 1070. The van der Waals surface area contributed by atoms with Gasteiger partial charge in [-0.1, -0.05) is 44.7 Å². The Balaban J connectivity index is 0.000000163. The van der Waals surface area contributed by atoms with Crippen LogP contribution in [0.5, 0.6) is 11.5 Å². The number of fused-ring (bicyclic) bond motifs is 1. The Hall–Kier alpha value is -1.99. The fraction of sp³-hybridized carbons (Fsp3) is 0.464. The SMILES string of the molecule is CC(=O)c1cc(Br)ccc1O.O=C1CC2(CCCCC2)Oc2ccc(Br)cc21.O=C1CCCCC1. The number of Topliss-reactive ketones (excluding diaryl/α,β-unsaturated/α-hetero) is 3. The molecular weight excluding hydrogens is 576 g/mol. The Morgan fingerprint density at radius 2 is 1.49 bits per heavy atom. The molecule has 0 bridgehead atoms. The van der Waals surface area contributed by atoms with Gasteiger partial charge in [-0.2, -0.15) is 0 Å². The second kappa shape index (κ2) is 12.8. The summed E-state index contributed by atoms with van der Waals surface area (Å²) in [6, 6.07) is 10.5. The third-order valence-electron chi connectivity index (χ3n) is 6.57. The molecule has 7 heteroatoms. The van der Waals surface area contributed by atoms with E-state index in [1.54, 1.807) is 12.1 Å². The molecule has 0 aromatic heterocycles. The highest BCUT2D eigenvalue weighted by Gasteiger charge is 2.41. The van der Waals surface area contributed by atoms with E-state index in [4.69, 9.17) is 9.84 Å². The lowest BCUT2D eigenvalue weighted by molar-refractivity contribution is -0.120. The molecule has 5 rings (SSSR count). The van der Waals surface area contributed by atoms with Gasteiger partial charge < -0.3 is 9.84 Å². The van der Waals surface area contributed by atoms with Crippen LogP contribution in [0.1, 0.15) is 98.3 Å². The van der Waals surface area contributed by atoms with Crippen LogP contribution < -0.4 is 4.74 Å². The molecule has 0 unspecified atom stereocenters. The zero-order chi connectivity index (χ0) is 25.4. The van der Waals surface area contributed by atoms with E-state index in [2.05, 4.69) is 31.9 Å². The lowest BCUT2D eigenvalue weighted by Crippen LogP contribution is -2.43. The van der Waals surface area contributed by atoms with E-state index in [0.29, 0.717) is 17.8 Å². The van der Waals surface area contributed by atoms with Gasteiger partial charge in [0.25, 0.3) is 0 Å². The van der Waals surface area contributed by atoms with E-state index in [0.717, 1.165) is 58.8 Å². The summed E-state index contributed by atoms with van der Waals surface area (Å²) in [6.45, 7) is 1.42. The van der Waals surface area contributed by atoms with Gasteiger partial charge in [-0.15, -0.1) is 0 Å². The van der Waals surface area contributed by atoms with Gasteiger partial charge in [0.05, 0.1) is 17.5 Å². The zero-order valence-electron chi connectivity index (χ0n) is 20.1. The molecule has 0 atom stereocenters. The number of ether oxygens (including phenoxy) is 1. The average molecular weight is 608 g/mol. The highest BCUT2D eigenvalue weighted by Crippen LogP contribution is 2.42. The standard InChI is InChI=1S/C14H15BrO2.C8H7BrO2.C6H10O/c15-10-4-5-13-11(8-10)12(16)9-14(17-13)6-2-1-3-7-14;1-5(10)7-4-6(9)2-3-8(7)11;7-6-4-2-1-3-5-6/h4-5,8H,1-3,6-7,9H2;2-4,11H,1H3;1-5H2. The van der Waals surface area contributed by atoms with Crippen molar-refractivity contribution in [2.24, 2.45) is 0 Å². The van der Waals surface area contributed by atoms with E-state index < -0.39 is 0 Å². The number of rotatable bonds is 1. The largest absolute Gasteiger partial charge is 0.507 e. The highest BCUT2D eigenvalue weighted by molar-refractivity contribution is 9.10. The van der Waals surface area contributed by atoms with Crippen LogP contribution in [0.25, 0.3) is 0 Å². The zero-order valence-corrected chi connectivity index (χ0v) is 23.3. The number of aromatic hydroxyl groups is 1. The van der Waals surface area contributed by atoms with Crippen molar-refractivity contribution < 1.29 is 24.2 Å². The number of ketones is 3. The number of benzene rings is 2. The molecule has 1 aliphatic heterocycles. The maximum Gasteiger partial charge on any atom is 0.170 e. The van der Waals surface area contributed by atoms with Gasteiger partial charge >= 0.3 is 0 Å². The van der Waals surface area contributed by atoms with Crippen LogP contribution in [0.3, 0.4) is 0 Å². The summed E-state index contributed by atoms with van der Waals surface area (Å²) in [5, 5.41) is 9.16. The van der Waals surface area contributed by atoms with E-state index in [9.17, 15) is 14.4 Å². The maximum absolute atomic E-state index is 12.2. The molecule has 2 saturated carbocycles. The minimum Gasteiger partial charge on any atom is -0.507 e. The van der Waals surface area contributed by atoms with Crippen LogP contribution in [0, 0.1) is 0 Å². The average Bonchev–Trinajstić information content (AvgIpc) is 2.83. The molecule has 1 heterocycles. The molecule has 2 aromatic carbocycles. The predicted octanol–water partition coefficient (Wildman–Crippen LogP) is 7.99. The topological polar surface area (TPSA) is 80.7 Å². The predicted molar refractivity (Wildman–Crippen MR) is 143 cm³/mol. The second-order valence-corrected chi connectivity index (χ2v) is 11.2. The fourth-order valence-electron chi connectivity index (χ4n) is 4.68. The first-order valence-electron chi connectivity index (χ1n) is 12.2. The number of phenols is 1. The first-order valence-corrected chi connectivity index (χ1v) is 13.8. The Morgan fingerprint density at radius 3 is 2.06 bits per heavy atom. The van der Waals surface area contributed by atoms with Gasteiger partial charge in [0.2, 0.25) is 0 Å². The lowest BCUT2D eigenvalue weighted by atomic mass is 9.78. The van der Waals surface area contributed by atoms with Crippen LogP contribution in [0.2, 0.25) is 0 Å². The molecule has 2 aromatic rings. The first-order chi connectivity index (χ1) is 16.7. The minimum atomic E-state index is -0.198. The van der Waals surface area contributed by atoms with Crippen molar-refractivity contribution in [3.05, 3.63) is 56.5 Å². The number of hydrogen-bond acceptors (Lipinski definition) is 5. The van der Waals surface area contributed by atoms with E-state index in [1.807, 2.05) is 18.2 Å². The fourth-order valence-corrected chi connectivity index (χ4v) is 5.40. The van der Waals surface area contributed by atoms with Crippen molar-refractivity contribution in [3.63, 3.8) is 0 Å². The van der Waals surface area contributed by atoms with Crippen molar-refractivity contribution in [1.29, 1.82) is 0 Å². The number of hydrogen-bond donors (Lipinski definition) is 1. The second-order valence-electron chi connectivity index (χ2n) is 9.40. The van der Waals surface area contributed by atoms with E-state index >= 15 is 0 Å². The summed E-state index contributed by atoms with van der Waals surface area (Å²) in [7, 11) is 0. The third kappa shape index (κ3) is 8.01. The molecule has 3 aliphatic rings. The maximum atomic E-state index is 12.2. The summed E-state index contributed by atoms with van der Waals surface area (Å²) in [5.74, 6) is 1.36. The van der Waals surface area contributed by atoms with Crippen molar-refractivity contribution in [2.45, 2.75) is 83.2 Å². The molecule has 188 valence electrons. The molecule has 2 fully saturated rings. The van der Waals surface area contributed by atoms with E-state index in [-0.39, 0.29) is 22.9 Å². The van der Waals surface area contributed by atoms with Gasteiger partial charge in [0, 0.05) is 21.8 Å². The van der Waals surface area contributed by atoms with Crippen LogP contribution >= 0.6 is 31.9 Å². The molecule has 1 N–H and O–H groups in total. The molecule has 5 nitrogen and oxygen atoms in total.